The molecule has 1 unspecified atom stereocenters. The van der Waals surface area contributed by atoms with E-state index in [1.54, 1.807) is 18.6 Å². The average Bonchev–Trinajstić information content (AvgIpc) is 3.27. The molecule has 0 radical (unpaired) electrons. The number of hydrogen-bond acceptors (Lipinski definition) is 7. The van der Waals surface area contributed by atoms with Crippen molar-refractivity contribution in [2.24, 2.45) is 0 Å². The predicted octanol–water partition coefficient (Wildman–Crippen LogP) is 1.11. The van der Waals surface area contributed by atoms with E-state index in [1.165, 1.54) is 0 Å². The zero-order valence-electron chi connectivity index (χ0n) is 15.3. The van der Waals surface area contributed by atoms with E-state index in [2.05, 4.69) is 30.1 Å². The summed E-state index contributed by atoms with van der Waals surface area (Å²) in [6.45, 7) is 4.70. The summed E-state index contributed by atoms with van der Waals surface area (Å²) in [7, 11) is 0. The van der Waals surface area contributed by atoms with E-state index in [4.69, 9.17) is 4.74 Å². The Morgan fingerprint density at radius 2 is 1.89 bits per heavy atom. The molecule has 0 spiro atoms. The number of rotatable bonds is 5. The van der Waals surface area contributed by atoms with E-state index >= 15 is 0 Å². The molecule has 1 N–H and O–H groups in total. The fourth-order valence-corrected chi connectivity index (χ4v) is 3.46. The van der Waals surface area contributed by atoms with Gasteiger partial charge in [0, 0.05) is 63.6 Å². The third-order valence-corrected chi connectivity index (χ3v) is 4.97. The number of carbonyl (C=O) groups is 1. The minimum absolute atomic E-state index is 0.130. The van der Waals surface area contributed by atoms with Crippen molar-refractivity contribution >= 4 is 17.5 Å². The van der Waals surface area contributed by atoms with Gasteiger partial charge in [0.25, 0.3) is 5.91 Å². The summed E-state index contributed by atoms with van der Waals surface area (Å²) < 4.78 is 5.55. The minimum atomic E-state index is -0.149. The summed E-state index contributed by atoms with van der Waals surface area (Å²) in [5, 5.41) is 2.93. The lowest BCUT2D eigenvalue weighted by atomic mass is 10.2. The van der Waals surface area contributed by atoms with Crippen molar-refractivity contribution in [3.8, 4) is 0 Å². The van der Waals surface area contributed by atoms with Gasteiger partial charge in [0.15, 0.2) is 0 Å². The van der Waals surface area contributed by atoms with E-state index in [-0.39, 0.29) is 12.0 Å². The molecule has 4 heterocycles. The lowest BCUT2D eigenvalue weighted by Crippen LogP contribution is -2.47. The highest BCUT2D eigenvalue weighted by molar-refractivity contribution is 5.93. The smallest absolute Gasteiger partial charge is 0.270 e. The van der Waals surface area contributed by atoms with Crippen molar-refractivity contribution in [3.05, 3.63) is 42.5 Å². The molecule has 142 valence electrons. The molecule has 2 aromatic rings. The number of nitrogens with zero attached hydrogens (tertiary/aromatic N) is 5. The van der Waals surface area contributed by atoms with E-state index in [9.17, 15) is 4.79 Å². The molecule has 2 saturated heterocycles. The molecule has 8 nitrogen and oxygen atoms in total. The Balaban J connectivity index is 1.34. The van der Waals surface area contributed by atoms with Crippen LogP contribution >= 0.6 is 0 Å². The molecule has 0 aromatic carbocycles. The highest BCUT2D eigenvalue weighted by Crippen LogP contribution is 2.19. The van der Waals surface area contributed by atoms with Crippen LogP contribution in [0.5, 0.6) is 0 Å². The van der Waals surface area contributed by atoms with Crippen LogP contribution < -0.4 is 15.1 Å². The van der Waals surface area contributed by atoms with Crippen LogP contribution in [-0.4, -0.2) is 66.3 Å². The van der Waals surface area contributed by atoms with E-state index in [0.29, 0.717) is 12.2 Å². The molecule has 0 saturated carbocycles. The van der Waals surface area contributed by atoms with Crippen LogP contribution in [0.25, 0.3) is 0 Å². The number of carbonyl (C=O) groups excluding carboxylic acids is 1. The van der Waals surface area contributed by atoms with E-state index in [0.717, 1.165) is 57.3 Å². The molecule has 2 aliphatic rings. The largest absolute Gasteiger partial charge is 0.376 e. The molecule has 27 heavy (non-hydrogen) atoms. The van der Waals surface area contributed by atoms with Crippen LogP contribution in [0.3, 0.4) is 0 Å². The molecule has 8 heteroatoms. The summed E-state index contributed by atoms with van der Waals surface area (Å²) in [6, 6.07) is 5.63. The number of amides is 1. The molecule has 4 rings (SSSR count). The first-order valence-electron chi connectivity index (χ1n) is 9.42. The first-order chi connectivity index (χ1) is 13.3. The van der Waals surface area contributed by atoms with Crippen LogP contribution in [0, 0.1) is 0 Å². The number of ether oxygens (including phenoxy) is 1. The summed E-state index contributed by atoms with van der Waals surface area (Å²) in [6.07, 6.45) is 7.42. The zero-order chi connectivity index (χ0) is 18.5. The lowest BCUT2D eigenvalue weighted by molar-refractivity contribution is 0.0853. The number of hydrogen-bond donors (Lipinski definition) is 1. The van der Waals surface area contributed by atoms with Crippen molar-refractivity contribution in [2.75, 3.05) is 49.1 Å². The quantitative estimate of drug-likeness (QED) is 0.846. The van der Waals surface area contributed by atoms with Crippen LogP contribution in [0.1, 0.15) is 23.3 Å². The molecule has 2 fully saturated rings. The molecule has 1 atom stereocenters. The maximum atomic E-state index is 12.4. The van der Waals surface area contributed by atoms with Crippen LogP contribution in [0.15, 0.2) is 36.8 Å². The van der Waals surface area contributed by atoms with Gasteiger partial charge in [-0.3, -0.25) is 9.78 Å². The van der Waals surface area contributed by atoms with Crippen molar-refractivity contribution in [1.82, 2.24) is 20.3 Å². The maximum Gasteiger partial charge on any atom is 0.270 e. The molecule has 1 amide bonds. The Kier molecular flexibility index (Phi) is 5.43. The number of nitrogens with one attached hydrogen (secondary N) is 1. The summed E-state index contributed by atoms with van der Waals surface area (Å²) >= 11 is 0. The fraction of sp³-hybridized carbons (Fsp3) is 0.474. The molecule has 0 aliphatic carbocycles. The predicted molar refractivity (Wildman–Crippen MR) is 102 cm³/mol. The second kappa shape index (κ2) is 8.30. The Hall–Kier alpha value is -2.74. The normalized spacial score (nSPS) is 19.9. The Morgan fingerprint density at radius 3 is 2.63 bits per heavy atom. The number of piperazine rings is 1. The van der Waals surface area contributed by atoms with Gasteiger partial charge >= 0.3 is 0 Å². The van der Waals surface area contributed by atoms with E-state index in [1.807, 2.05) is 18.2 Å². The topological polar surface area (TPSA) is 83.5 Å². The van der Waals surface area contributed by atoms with Gasteiger partial charge in [-0.25, -0.2) is 9.97 Å². The van der Waals surface area contributed by atoms with Gasteiger partial charge < -0.3 is 19.9 Å². The van der Waals surface area contributed by atoms with Crippen molar-refractivity contribution in [2.45, 2.75) is 18.9 Å². The summed E-state index contributed by atoms with van der Waals surface area (Å²) in [4.78, 5) is 29.7. The lowest BCUT2D eigenvalue weighted by Gasteiger charge is -2.36. The molecular weight excluding hydrogens is 344 g/mol. The van der Waals surface area contributed by atoms with Crippen molar-refractivity contribution in [1.29, 1.82) is 0 Å². The third-order valence-electron chi connectivity index (χ3n) is 4.97. The Morgan fingerprint density at radius 1 is 1.11 bits per heavy atom. The Bertz CT molecular complexity index is 758. The second-order valence-electron chi connectivity index (χ2n) is 6.77. The first-order valence-corrected chi connectivity index (χ1v) is 9.42. The van der Waals surface area contributed by atoms with Crippen LogP contribution in [0.4, 0.5) is 11.6 Å². The summed E-state index contributed by atoms with van der Waals surface area (Å²) in [5.41, 5.74) is 1.46. The SMILES string of the molecule is O=C(NCC1CCCO1)c1cc(N2CCN(c3ncccn3)CC2)ccn1. The van der Waals surface area contributed by atoms with Crippen LogP contribution in [0.2, 0.25) is 0 Å². The average molecular weight is 368 g/mol. The van der Waals surface area contributed by atoms with E-state index < -0.39 is 0 Å². The fourth-order valence-electron chi connectivity index (χ4n) is 3.46. The van der Waals surface area contributed by atoms with Gasteiger partial charge in [-0.05, 0) is 31.0 Å². The van der Waals surface area contributed by atoms with Gasteiger partial charge in [0.2, 0.25) is 5.95 Å². The highest BCUT2D eigenvalue weighted by atomic mass is 16.5. The first kappa shape index (κ1) is 17.7. The third kappa shape index (κ3) is 4.33. The maximum absolute atomic E-state index is 12.4. The van der Waals surface area contributed by atoms with Gasteiger partial charge in [-0.1, -0.05) is 0 Å². The van der Waals surface area contributed by atoms with Crippen molar-refractivity contribution in [3.63, 3.8) is 0 Å². The zero-order valence-corrected chi connectivity index (χ0v) is 15.3. The standard InChI is InChI=1S/C19H24N6O2/c26-18(23-14-16-3-1-12-27-16)17-13-15(4-7-20-17)24-8-10-25(11-9-24)19-21-5-2-6-22-19/h2,4-7,13,16H,1,3,8-12,14H2,(H,23,26). The second-order valence-corrected chi connectivity index (χ2v) is 6.77. The van der Waals surface area contributed by atoms with Gasteiger partial charge in [0.1, 0.15) is 5.69 Å². The molecule has 2 aliphatic heterocycles. The van der Waals surface area contributed by atoms with Crippen LogP contribution in [-0.2, 0) is 4.74 Å². The Labute approximate surface area is 158 Å². The number of pyridine rings is 1. The number of aromatic nitrogens is 3. The highest BCUT2D eigenvalue weighted by Gasteiger charge is 2.21. The molecule has 0 bridgehead atoms. The van der Waals surface area contributed by atoms with Crippen molar-refractivity contribution < 1.29 is 9.53 Å². The van der Waals surface area contributed by atoms with Gasteiger partial charge in [-0.2, -0.15) is 0 Å². The minimum Gasteiger partial charge on any atom is -0.376 e. The monoisotopic (exact) mass is 368 g/mol. The van der Waals surface area contributed by atoms with Gasteiger partial charge in [0.05, 0.1) is 6.10 Å². The summed E-state index contributed by atoms with van der Waals surface area (Å²) in [5.74, 6) is 0.616. The molecule has 2 aromatic heterocycles. The number of anilines is 2. The van der Waals surface area contributed by atoms with Gasteiger partial charge in [-0.15, -0.1) is 0 Å². The molecular formula is C19H24N6O2.